The molecule has 1 aromatic heterocycles. The highest BCUT2D eigenvalue weighted by molar-refractivity contribution is 7.90. The molecule has 2 fully saturated rings. The van der Waals surface area contributed by atoms with Gasteiger partial charge in [-0.3, -0.25) is 9.78 Å². The minimum absolute atomic E-state index is 0.108. The lowest BCUT2D eigenvalue weighted by atomic mass is 10.0. The number of rotatable bonds is 1. The zero-order valence-electron chi connectivity index (χ0n) is 12.8. The largest absolute Gasteiger partial charge is 0.337 e. The van der Waals surface area contributed by atoms with E-state index in [-0.39, 0.29) is 17.1 Å². The molecule has 0 spiro atoms. The predicted molar refractivity (Wildman–Crippen MR) is 80.7 cm³/mol. The van der Waals surface area contributed by atoms with Crippen molar-refractivity contribution in [3.05, 3.63) is 23.8 Å². The van der Waals surface area contributed by atoms with Crippen LogP contribution in [0.25, 0.3) is 0 Å². The summed E-state index contributed by atoms with van der Waals surface area (Å²) in [4.78, 5) is 22.4. The first-order valence-corrected chi connectivity index (χ1v) is 8.93. The first kappa shape index (κ1) is 15.4. The van der Waals surface area contributed by atoms with Gasteiger partial charge in [-0.25, -0.2) is 17.7 Å². The number of sulfonamides is 1. The molecule has 2 atom stereocenters. The molecule has 0 aliphatic carbocycles. The predicted octanol–water partition coefficient (Wildman–Crippen LogP) is 0.281. The Labute approximate surface area is 130 Å². The maximum atomic E-state index is 12.5. The van der Waals surface area contributed by atoms with Gasteiger partial charge in [0.25, 0.3) is 5.91 Å². The van der Waals surface area contributed by atoms with Crippen LogP contribution in [0, 0.1) is 12.8 Å². The van der Waals surface area contributed by atoms with Crippen molar-refractivity contribution in [3.63, 3.8) is 0 Å². The second-order valence-electron chi connectivity index (χ2n) is 6.04. The zero-order chi connectivity index (χ0) is 15.9. The van der Waals surface area contributed by atoms with E-state index >= 15 is 0 Å². The number of aryl methyl sites for hydroxylation is 1. The molecule has 2 saturated heterocycles. The second kappa shape index (κ2) is 5.58. The first-order chi connectivity index (χ1) is 10.4. The van der Waals surface area contributed by atoms with Crippen molar-refractivity contribution in [2.45, 2.75) is 25.0 Å². The molecule has 1 amide bonds. The van der Waals surface area contributed by atoms with Crippen LogP contribution < -0.4 is 0 Å². The number of amides is 1. The SMILES string of the molecule is Cc1cnc(C(=O)N2CC[C@@H]3CN(C)S(=O)(=O)[C@@H]3CC2)cn1. The summed E-state index contributed by atoms with van der Waals surface area (Å²) >= 11 is 0. The van der Waals surface area contributed by atoms with Gasteiger partial charge in [0, 0.05) is 32.9 Å². The molecule has 120 valence electrons. The van der Waals surface area contributed by atoms with Crippen molar-refractivity contribution in [2.75, 3.05) is 26.7 Å². The first-order valence-electron chi connectivity index (χ1n) is 7.42. The van der Waals surface area contributed by atoms with Crippen molar-refractivity contribution >= 4 is 15.9 Å². The molecule has 7 nitrogen and oxygen atoms in total. The fraction of sp³-hybridized carbons (Fsp3) is 0.643. The summed E-state index contributed by atoms with van der Waals surface area (Å²) in [6.45, 7) is 3.39. The van der Waals surface area contributed by atoms with Crippen LogP contribution in [0.15, 0.2) is 12.4 Å². The summed E-state index contributed by atoms with van der Waals surface area (Å²) in [6, 6.07) is 0. The topological polar surface area (TPSA) is 83.5 Å². The maximum absolute atomic E-state index is 12.5. The van der Waals surface area contributed by atoms with Gasteiger partial charge in [-0.1, -0.05) is 0 Å². The molecule has 3 rings (SSSR count). The average molecular weight is 324 g/mol. The molecule has 0 aromatic carbocycles. The van der Waals surface area contributed by atoms with E-state index in [1.165, 1.54) is 10.5 Å². The van der Waals surface area contributed by atoms with Crippen LogP contribution in [-0.2, 0) is 10.0 Å². The standard InChI is InChI=1S/C14H20N4O3S/c1-10-7-16-12(8-15-10)14(19)18-5-3-11-9-17(2)22(20,21)13(11)4-6-18/h7-8,11,13H,3-6,9H2,1-2H3/t11-,13-/m1/s1. The van der Waals surface area contributed by atoms with Crippen molar-refractivity contribution < 1.29 is 13.2 Å². The lowest BCUT2D eigenvalue weighted by molar-refractivity contribution is 0.0753. The summed E-state index contributed by atoms with van der Waals surface area (Å²) in [5.41, 5.74) is 1.08. The number of fused-ring (bicyclic) bond motifs is 1. The normalized spacial score (nSPS) is 28.2. The van der Waals surface area contributed by atoms with E-state index < -0.39 is 10.0 Å². The number of hydrogen-bond donors (Lipinski definition) is 0. The molecule has 0 saturated carbocycles. The summed E-state index contributed by atoms with van der Waals surface area (Å²) in [5.74, 6) is -0.0601. The van der Waals surface area contributed by atoms with Gasteiger partial charge < -0.3 is 4.90 Å². The van der Waals surface area contributed by atoms with Gasteiger partial charge >= 0.3 is 0 Å². The fourth-order valence-electron chi connectivity index (χ4n) is 3.27. The lowest BCUT2D eigenvalue weighted by Gasteiger charge is -2.20. The third kappa shape index (κ3) is 2.61. The molecule has 2 aliphatic heterocycles. The van der Waals surface area contributed by atoms with Crippen LogP contribution >= 0.6 is 0 Å². The van der Waals surface area contributed by atoms with Gasteiger partial charge in [0.05, 0.1) is 17.1 Å². The van der Waals surface area contributed by atoms with Crippen LogP contribution in [0.1, 0.15) is 29.0 Å². The summed E-state index contributed by atoms with van der Waals surface area (Å²) in [5, 5.41) is -0.362. The van der Waals surface area contributed by atoms with E-state index in [4.69, 9.17) is 0 Å². The van der Waals surface area contributed by atoms with Gasteiger partial charge in [-0.2, -0.15) is 0 Å². The molecule has 0 radical (unpaired) electrons. The van der Waals surface area contributed by atoms with Gasteiger partial charge in [-0.15, -0.1) is 0 Å². The lowest BCUT2D eigenvalue weighted by Crippen LogP contribution is -2.34. The Morgan fingerprint density at radius 2 is 1.95 bits per heavy atom. The van der Waals surface area contributed by atoms with Crippen molar-refractivity contribution in [3.8, 4) is 0 Å². The maximum Gasteiger partial charge on any atom is 0.274 e. The van der Waals surface area contributed by atoms with Crippen molar-refractivity contribution in [2.24, 2.45) is 5.92 Å². The van der Waals surface area contributed by atoms with Gasteiger partial charge in [0.2, 0.25) is 10.0 Å². The number of carbonyl (C=O) groups excluding carboxylic acids is 1. The van der Waals surface area contributed by atoms with E-state index in [9.17, 15) is 13.2 Å². The molecule has 3 heterocycles. The number of hydrogen-bond acceptors (Lipinski definition) is 5. The molecule has 1 aromatic rings. The molecular weight excluding hydrogens is 304 g/mol. The third-order valence-electron chi connectivity index (χ3n) is 4.58. The van der Waals surface area contributed by atoms with Gasteiger partial charge in [0.15, 0.2) is 0 Å². The highest BCUT2D eigenvalue weighted by Gasteiger charge is 2.45. The minimum Gasteiger partial charge on any atom is -0.337 e. The summed E-state index contributed by atoms with van der Waals surface area (Å²) in [6.07, 6.45) is 4.24. The number of carbonyl (C=O) groups is 1. The molecule has 0 N–H and O–H groups in total. The van der Waals surface area contributed by atoms with E-state index in [1.54, 1.807) is 18.1 Å². The average Bonchev–Trinajstić information content (AvgIpc) is 2.65. The highest BCUT2D eigenvalue weighted by atomic mass is 32.2. The van der Waals surface area contributed by atoms with Crippen molar-refractivity contribution in [1.29, 1.82) is 0 Å². The molecule has 0 bridgehead atoms. The Morgan fingerprint density at radius 1 is 1.23 bits per heavy atom. The monoisotopic (exact) mass is 324 g/mol. The second-order valence-corrected chi connectivity index (χ2v) is 8.30. The Hall–Kier alpha value is -1.54. The van der Waals surface area contributed by atoms with Crippen LogP contribution in [-0.4, -0.2) is 65.4 Å². The smallest absolute Gasteiger partial charge is 0.274 e. The Kier molecular flexibility index (Phi) is 3.90. The van der Waals surface area contributed by atoms with Crippen LogP contribution in [0.5, 0.6) is 0 Å². The van der Waals surface area contributed by atoms with Crippen LogP contribution in [0.4, 0.5) is 0 Å². The van der Waals surface area contributed by atoms with E-state index in [0.29, 0.717) is 38.2 Å². The Balaban J connectivity index is 1.74. The minimum atomic E-state index is -3.20. The summed E-state index contributed by atoms with van der Waals surface area (Å²) < 4.78 is 26.0. The summed E-state index contributed by atoms with van der Waals surface area (Å²) in [7, 11) is -1.57. The molecule has 22 heavy (non-hydrogen) atoms. The quantitative estimate of drug-likeness (QED) is 0.741. The van der Waals surface area contributed by atoms with Crippen LogP contribution in [0.3, 0.4) is 0 Å². The van der Waals surface area contributed by atoms with Crippen molar-refractivity contribution in [1.82, 2.24) is 19.2 Å². The molecule has 2 aliphatic rings. The molecule has 8 heteroatoms. The number of nitrogens with zero attached hydrogens (tertiary/aromatic N) is 4. The Morgan fingerprint density at radius 3 is 2.64 bits per heavy atom. The van der Waals surface area contributed by atoms with E-state index in [1.807, 2.05) is 6.92 Å². The Bertz CT molecular complexity index is 674. The third-order valence-corrected chi connectivity index (χ3v) is 6.98. The molecular formula is C14H20N4O3S. The number of aromatic nitrogens is 2. The number of likely N-dealkylation sites (tertiary alicyclic amines) is 1. The van der Waals surface area contributed by atoms with E-state index in [0.717, 1.165) is 5.69 Å². The fourth-order valence-corrected chi connectivity index (χ4v) is 5.25. The van der Waals surface area contributed by atoms with E-state index in [2.05, 4.69) is 9.97 Å². The van der Waals surface area contributed by atoms with Crippen LogP contribution in [0.2, 0.25) is 0 Å². The zero-order valence-corrected chi connectivity index (χ0v) is 13.6. The molecule has 0 unspecified atom stereocenters. The van der Waals surface area contributed by atoms with Gasteiger partial charge in [0.1, 0.15) is 5.69 Å². The highest BCUT2D eigenvalue weighted by Crippen LogP contribution is 2.33. The van der Waals surface area contributed by atoms with Gasteiger partial charge in [-0.05, 0) is 25.7 Å².